The van der Waals surface area contributed by atoms with Crippen LogP contribution in [-0.2, 0) is 46.3 Å². The van der Waals surface area contributed by atoms with Crippen molar-refractivity contribution >= 4 is 83.9 Å². The van der Waals surface area contributed by atoms with Crippen LogP contribution in [0.5, 0.6) is 0 Å². The van der Waals surface area contributed by atoms with Gasteiger partial charge < -0.3 is 25.3 Å². The molecule has 0 nitrogen and oxygen atoms in total. The third-order valence-electron chi connectivity index (χ3n) is 9.07. The van der Waals surface area contributed by atoms with Crippen LogP contribution < -0.4 is 21.2 Å². The quantitative estimate of drug-likeness (QED) is 0.105. The molecule has 0 saturated heterocycles. The van der Waals surface area contributed by atoms with Gasteiger partial charge in [-0.15, -0.1) is 0 Å². The van der Waals surface area contributed by atoms with Crippen LogP contribution in [-0.4, -0.2) is 12.3 Å². The summed E-state index contributed by atoms with van der Waals surface area (Å²) >= 11 is 11.3. The Hall–Kier alpha value is -3.73. The molecule has 8 aromatic rings. The largest absolute Gasteiger partial charge is 2.00 e. The molecule has 0 aliphatic carbocycles. The van der Waals surface area contributed by atoms with E-state index < -0.39 is 0 Å². The number of benzene rings is 8. The van der Waals surface area contributed by atoms with E-state index in [0.717, 1.165) is 31.7 Å². The van der Waals surface area contributed by atoms with E-state index in [0.29, 0.717) is 0 Å². The van der Waals surface area contributed by atoms with Gasteiger partial charge in [-0.3, -0.25) is 0 Å². The van der Waals surface area contributed by atoms with Crippen molar-refractivity contribution in [3.8, 4) is 11.1 Å². The predicted molar refractivity (Wildman–Crippen MR) is 231 cm³/mol. The number of rotatable bonds is 9. The maximum absolute atomic E-state index is 5.64. The summed E-state index contributed by atoms with van der Waals surface area (Å²) in [6, 6.07) is 69.1. The second-order valence-corrected chi connectivity index (χ2v) is 17.9. The number of hydrogen-bond acceptors (Lipinski definition) is 2. The van der Waals surface area contributed by atoms with Gasteiger partial charge in [0.1, 0.15) is 0 Å². The van der Waals surface area contributed by atoms with Crippen LogP contribution in [0.15, 0.2) is 204 Å². The standard InChI is InChI=1S/C27H26P2.C20H14S2.Pt/c1-5-14-24(15-6-1)28(25-16-7-2-8-17-25)22-13-23-29(26-18-9-3-10-19-26)27-20-11-4-12-21-27;21-17-11-9-13-5-1-3-7-15(13)19(17)20-16-8-4-2-6-14(16)10-12-18(20)22;/h1-12,14-21H,13,22-23H2;1-12,21-22H;/q;;+2/p-2. The minimum absolute atomic E-state index is 0. The first-order chi connectivity index (χ1) is 25.2. The van der Waals surface area contributed by atoms with Gasteiger partial charge in [0, 0.05) is 0 Å². The van der Waals surface area contributed by atoms with Gasteiger partial charge in [-0.1, -0.05) is 194 Å². The van der Waals surface area contributed by atoms with Crippen LogP contribution >= 0.6 is 15.8 Å². The molecule has 5 heteroatoms. The van der Waals surface area contributed by atoms with Crippen LogP contribution in [0.2, 0.25) is 0 Å². The zero-order chi connectivity index (χ0) is 34.8. The van der Waals surface area contributed by atoms with Crippen molar-refractivity contribution in [1.82, 2.24) is 0 Å². The summed E-state index contributed by atoms with van der Waals surface area (Å²) in [5, 5.41) is 10.6. The molecule has 0 radical (unpaired) electrons. The van der Waals surface area contributed by atoms with Crippen LogP contribution in [0, 0.1) is 0 Å². The van der Waals surface area contributed by atoms with E-state index in [9.17, 15) is 0 Å². The van der Waals surface area contributed by atoms with E-state index in [2.05, 4.69) is 170 Å². The Morgan fingerprint density at radius 1 is 0.327 bits per heavy atom. The van der Waals surface area contributed by atoms with Gasteiger partial charge in [0.25, 0.3) is 0 Å². The molecule has 0 saturated carbocycles. The molecule has 0 N–H and O–H groups in total. The van der Waals surface area contributed by atoms with Crippen molar-refractivity contribution in [3.05, 3.63) is 194 Å². The van der Waals surface area contributed by atoms with Crippen molar-refractivity contribution < 1.29 is 21.1 Å². The van der Waals surface area contributed by atoms with Crippen molar-refractivity contribution in [1.29, 1.82) is 0 Å². The van der Waals surface area contributed by atoms with E-state index >= 15 is 0 Å². The normalized spacial score (nSPS) is 10.9. The van der Waals surface area contributed by atoms with Gasteiger partial charge in [-0.05, 0) is 88.5 Å². The van der Waals surface area contributed by atoms with Crippen molar-refractivity contribution in [2.75, 3.05) is 12.3 Å². The molecule has 0 heterocycles. The molecule has 8 rings (SSSR count). The molecule has 8 aromatic carbocycles. The number of fused-ring (bicyclic) bond motifs is 2. The fourth-order valence-corrected chi connectivity index (χ4v) is 12.2. The molecule has 0 spiro atoms. The summed E-state index contributed by atoms with van der Waals surface area (Å²) in [5.41, 5.74) is 2.16. The molecule has 52 heavy (non-hydrogen) atoms. The Morgan fingerprint density at radius 2 is 0.615 bits per heavy atom. The number of hydrogen-bond donors (Lipinski definition) is 0. The first-order valence-corrected chi connectivity index (χ1v) is 21.2. The second kappa shape index (κ2) is 18.8. The Bertz CT molecular complexity index is 2070. The van der Waals surface area contributed by atoms with Gasteiger partial charge in [0.05, 0.1) is 0 Å². The van der Waals surface area contributed by atoms with E-state index in [-0.39, 0.29) is 36.9 Å². The summed E-state index contributed by atoms with van der Waals surface area (Å²) < 4.78 is 0. The Balaban J connectivity index is 0.000000181. The maximum Gasteiger partial charge on any atom is 2.00 e. The zero-order valence-corrected chi connectivity index (χ0v) is 34.3. The monoisotopic (exact) mass is 923 g/mol. The third-order valence-corrected chi connectivity index (χ3v) is 15.0. The van der Waals surface area contributed by atoms with E-state index in [1.165, 1.54) is 50.7 Å². The van der Waals surface area contributed by atoms with Crippen molar-refractivity contribution in [2.45, 2.75) is 16.2 Å². The topological polar surface area (TPSA) is 0 Å². The summed E-state index contributed by atoms with van der Waals surface area (Å²) in [4.78, 5) is 1.70. The van der Waals surface area contributed by atoms with Crippen LogP contribution in [0.4, 0.5) is 0 Å². The Labute approximate surface area is 336 Å². The van der Waals surface area contributed by atoms with Gasteiger partial charge in [-0.25, -0.2) is 0 Å². The fraction of sp³-hybridized carbons (Fsp3) is 0.0638. The molecule has 0 atom stereocenters. The summed E-state index contributed by atoms with van der Waals surface area (Å²) in [5.74, 6) is 0. The second-order valence-electron chi connectivity index (χ2n) is 12.3. The smallest absolute Gasteiger partial charge is 0.779 e. The van der Waals surface area contributed by atoms with E-state index in [1.807, 2.05) is 24.3 Å². The van der Waals surface area contributed by atoms with Gasteiger partial charge in [0.2, 0.25) is 0 Å². The van der Waals surface area contributed by atoms with Gasteiger partial charge in [0.15, 0.2) is 0 Å². The van der Waals surface area contributed by atoms with Gasteiger partial charge in [-0.2, -0.15) is 9.79 Å². The van der Waals surface area contributed by atoms with Crippen LogP contribution in [0.25, 0.3) is 32.7 Å². The van der Waals surface area contributed by atoms with E-state index in [1.54, 1.807) is 0 Å². The average Bonchev–Trinajstić information content (AvgIpc) is 3.20. The molecule has 0 unspecified atom stereocenters. The average molecular weight is 924 g/mol. The first kappa shape index (κ1) is 38.0. The van der Waals surface area contributed by atoms with Crippen LogP contribution in [0.3, 0.4) is 0 Å². The molecule has 0 aliphatic rings. The van der Waals surface area contributed by atoms with E-state index in [4.69, 9.17) is 25.3 Å². The molecule has 0 bridgehead atoms. The summed E-state index contributed by atoms with van der Waals surface area (Å²) in [6.45, 7) is 0. The first-order valence-electron chi connectivity index (χ1n) is 17.3. The molecular weight excluding hydrogens is 886 g/mol. The summed E-state index contributed by atoms with van der Waals surface area (Å²) in [6.07, 6.45) is 3.72. The fourth-order valence-electron chi connectivity index (χ4n) is 6.65. The third kappa shape index (κ3) is 9.07. The zero-order valence-electron chi connectivity index (χ0n) is 28.6. The molecule has 258 valence electrons. The molecular formula is C47H38P2PtS2. The van der Waals surface area contributed by atoms with Crippen LogP contribution in [0.1, 0.15) is 6.42 Å². The summed E-state index contributed by atoms with van der Waals surface area (Å²) in [7, 11) is -0.618. The molecule has 0 aromatic heterocycles. The van der Waals surface area contributed by atoms with Gasteiger partial charge >= 0.3 is 21.1 Å². The SMILES string of the molecule is [Pt+2].[S-]c1ccc2ccccc2c1-c1c([S-])ccc2ccccc12.c1ccc(P(CCCP(c2ccccc2)c2ccccc2)c2ccccc2)cc1. The maximum atomic E-state index is 5.64. The van der Waals surface area contributed by atoms with Crippen molar-refractivity contribution in [2.24, 2.45) is 0 Å². The molecule has 0 amide bonds. The minimum atomic E-state index is -0.309. The Morgan fingerprint density at radius 3 is 0.942 bits per heavy atom. The molecule has 0 fully saturated rings. The Kier molecular flexibility index (Phi) is 13.8. The minimum Gasteiger partial charge on any atom is -0.779 e. The molecule has 0 aliphatic heterocycles. The van der Waals surface area contributed by atoms with Crippen molar-refractivity contribution in [3.63, 3.8) is 0 Å². The predicted octanol–water partition coefficient (Wildman–Crippen LogP) is 11.1.